The highest BCUT2D eigenvalue weighted by Gasteiger charge is 2.09. The zero-order valence-corrected chi connectivity index (χ0v) is 11.2. The minimum absolute atomic E-state index is 0.292. The Morgan fingerprint density at radius 1 is 1.29 bits per heavy atom. The Bertz CT molecular complexity index is 328. The van der Waals surface area contributed by atoms with Gasteiger partial charge in [-0.05, 0) is 38.5 Å². The Hall–Kier alpha value is -1.06. The van der Waals surface area contributed by atoms with Crippen molar-refractivity contribution in [3.05, 3.63) is 29.8 Å². The molecule has 0 spiro atoms. The van der Waals surface area contributed by atoms with Crippen LogP contribution >= 0.6 is 0 Å². The lowest BCUT2D eigenvalue weighted by molar-refractivity contribution is 0.124. The summed E-state index contributed by atoms with van der Waals surface area (Å²) in [6.07, 6.45) is 0. The van der Waals surface area contributed by atoms with E-state index in [-0.39, 0.29) is 0 Å². The third-order valence-electron chi connectivity index (χ3n) is 2.70. The molecule has 0 radical (unpaired) electrons. The molecular weight excluding hydrogens is 214 g/mol. The predicted molar refractivity (Wildman–Crippen MR) is 70.5 cm³/mol. The molecule has 3 heteroatoms. The minimum atomic E-state index is 0.292. The van der Waals surface area contributed by atoms with E-state index in [0.717, 1.165) is 19.0 Å². The molecule has 0 saturated heterocycles. The van der Waals surface area contributed by atoms with Crippen molar-refractivity contribution in [2.24, 2.45) is 0 Å². The fourth-order valence-electron chi connectivity index (χ4n) is 1.78. The molecule has 17 heavy (non-hydrogen) atoms. The molecule has 0 aliphatic carbocycles. The first-order valence-electron chi connectivity index (χ1n) is 6.15. The summed E-state index contributed by atoms with van der Waals surface area (Å²) in [5.41, 5.74) is 1.23. The number of hydrogen-bond acceptors (Lipinski definition) is 3. The maximum Gasteiger partial charge on any atom is 0.119 e. The van der Waals surface area contributed by atoms with Gasteiger partial charge in [0, 0.05) is 18.7 Å². The third-order valence-corrected chi connectivity index (χ3v) is 2.70. The number of rotatable bonds is 7. The molecule has 1 aromatic carbocycles. The van der Waals surface area contributed by atoms with Crippen molar-refractivity contribution in [1.29, 1.82) is 0 Å². The van der Waals surface area contributed by atoms with Crippen LogP contribution in [0.5, 0.6) is 5.75 Å². The van der Waals surface area contributed by atoms with E-state index in [9.17, 15) is 0 Å². The van der Waals surface area contributed by atoms with E-state index in [0.29, 0.717) is 12.1 Å². The van der Waals surface area contributed by atoms with E-state index >= 15 is 0 Å². The smallest absolute Gasteiger partial charge is 0.119 e. The molecule has 0 bridgehead atoms. The molecule has 1 rings (SSSR count). The van der Waals surface area contributed by atoms with E-state index in [2.05, 4.69) is 31.3 Å². The first-order valence-corrected chi connectivity index (χ1v) is 6.15. The van der Waals surface area contributed by atoms with Gasteiger partial charge in [0.25, 0.3) is 0 Å². The molecule has 0 saturated carbocycles. The summed E-state index contributed by atoms with van der Waals surface area (Å²) in [5, 5.41) is 3.50. The molecule has 1 aromatic rings. The standard InChI is InChI=1S/C14H23NO2/c1-5-17-10-11(2)15-12(3)13-7-6-8-14(9-13)16-4/h6-9,11-12,15H,5,10H2,1-4H3. The van der Waals surface area contributed by atoms with Crippen LogP contribution in [-0.4, -0.2) is 26.4 Å². The van der Waals surface area contributed by atoms with Gasteiger partial charge in [0.2, 0.25) is 0 Å². The number of ether oxygens (including phenoxy) is 2. The maximum atomic E-state index is 5.39. The van der Waals surface area contributed by atoms with Crippen LogP contribution in [0.3, 0.4) is 0 Å². The Kier molecular flexibility index (Phi) is 6.01. The summed E-state index contributed by atoms with van der Waals surface area (Å²) in [5.74, 6) is 0.897. The van der Waals surface area contributed by atoms with Crippen LogP contribution in [0.1, 0.15) is 32.4 Å². The molecular formula is C14H23NO2. The van der Waals surface area contributed by atoms with Gasteiger partial charge >= 0.3 is 0 Å². The molecule has 0 heterocycles. The highest BCUT2D eigenvalue weighted by Crippen LogP contribution is 2.19. The highest BCUT2D eigenvalue weighted by atomic mass is 16.5. The Morgan fingerprint density at radius 3 is 2.71 bits per heavy atom. The van der Waals surface area contributed by atoms with Gasteiger partial charge in [-0.3, -0.25) is 0 Å². The monoisotopic (exact) mass is 237 g/mol. The average molecular weight is 237 g/mol. The van der Waals surface area contributed by atoms with E-state index in [1.807, 2.05) is 19.1 Å². The zero-order chi connectivity index (χ0) is 12.7. The normalized spacial score (nSPS) is 14.4. The van der Waals surface area contributed by atoms with Crippen LogP contribution in [0.2, 0.25) is 0 Å². The fraction of sp³-hybridized carbons (Fsp3) is 0.571. The van der Waals surface area contributed by atoms with Gasteiger partial charge in [0.1, 0.15) is 5.75 Å². The summed E-state index contributed by atoms with van der Waals surface area (Å²) in [6.45, 7) is 7.80. The third kappa shape index (κ3) is 4.75. The van der Waals surface area contributed by atoms with Crippen molar-refractivity contribution in [3.63, 3.8) is 0 Å². The zero-order valence-electron chi connectivity index (χ0n) is 11.2. The summed E-state index contributed by atoms with van der Waals surface area (Å²) >= 11 is 0. The topological polar surface area (TPSA) is 30.5 Å². The van der Waals surface area contributed by atoms with Gasteiger partial charge in [-0.25, -0.2) is 0 Å². The number of methoxy groups -OCH3 is 1. The van der Waals surface area contributed by atoms with Crippen molar-refractivity contribution >= 4 is 0 Å². The van der Waals surface area contributed by atoms with Crippen molar-refractivity contribution in [2.75, 3.05) is 20.3 Å². The van der Waals surface area contributed by atoms with E-state index in [4.69, 9.17) is 9.47 Å². The van der Waals surface area contributed by atoms with E-state index in [1.54, 1.807) is 7.11 Å². The lowest BCUT2D eigenvalue weighted by Gasteiger charge is -2.20. The summed E-state index contributed by atoms with van der Waals surface area (Å²) < 4.78 is 10.6. The van der Waals surface area contributed by atoms with Gasteiger partial charge in [-0.2, -0.15) is 0 Å². The van der Waals surface area contributed by atoms with Crippen molar-refractivity contribution in [1.82, 2.24) is 5.32 Å². The minimum Gasteiger partial charge on any atom is -0.497 e. The second-order valence-electron chi connectivity index (χ2n) is 4.23. The van der Waals surface area contributed by atoms with Gasteiger partial charge in [0.15, 0.2) is 0 Å². The van der Waals surface area contributed by atoms with Gasteiger partial charge < -0.3 is 14.8 Å². The molecule has 96 valence electrons. The van der Waals surface area contributed by atoms with Gasteiger partial charge in [-0.15, -0.1) is 0 Å². The molecule has 0 aromatic heterocycles. The molecule has 0 fully saturated rings. The molecule has 0 amide bonds. The lowest BCUT2D eigenvalue weighted by Crippen LogP contribution is -2.32. The molecule has 0 aliphatic heterocycles. The van der Waals surface area contributed by atoms with Gasteiger partial charge in [-0.1, -0.05) is 12.1 Å². The molecule has 1 N–H and O–H groups in total. The maximum absolute atomic E-state index is 5.39. The lowest BCUT2D eigenvalue weighted by atomic mass is 10.1. The Labute approximate surface area is 104 Å². The van der Waals surface area contributed by atoms with Crippen LogP contribution in [0.25, 0.3) is 0 Å². The quantitative estimate of drug-likeness (QED) is 0.791. The van der Waals surface area contributed by atoms with Crippen molar-refractivity contribution in [3.8, 4) is 5.75 Å². The second-order valence-corrected chi connectivity index (χ2v) is 4.23. The summed E-state index contributed by atoms with van der Waals surface area (Å²) in [6, 6.07) is 8.77. The van der Waals surface area contributed by atoms with Crippen molar-refractivity contribution in [2.45, 2.75) is 32.9 Å². The van der Waals surface area contributed by atoms with E-state index < -0.39 is 0 Å². The second kappa shape index (κ2) is 7.30. The van der Waals surface area contributed by atoms with Gasteiger partial charge in [0.05, 0.1) is 13.7 Å². The van der Waals surface area contributed by atoms with Crippen LogP contribution in [0.15, 0.2) is 24.3 Å². The SMILES string of the molecule is CCOCC(C)NC(C)c1cccc(OC)c1. The largest absolute Gasteiger partial charge is 0.497 e. The molecule has 2 atom stereocenters. The van der Waals surface area contributed by atoms with Crippen LogP contribution in [-0.2, 0) is 4.74 Å². The summed E-state index contributed by atoms with van der Waals surface area (Å²) in [7, 11) is 1.69. The Morgan fingerprint density at radius 2 is 2.06 bits per heavy atom. The van der Waals surface area contributed by atoms with Crippen LogP contribution < -0.4 is 10.1 Å². The Balaban J connectivity index is 2.53. The van der Waals surface area contributed by atoms with Crippen molar-refractivity contribution < 1.29 is 9.47 Å². The predicted octanol–water partition coefficient (Wildman–Crippen LogP) is 2.77. The van der Waals surface area contributed by atoms with Crippen LogP contribution in [0, 0.1) is 0 Å². The summed E-state index contributed by atoms with van der Waals surface area (Å²) in [4.78, 5) is 0. The molecule has 2 unspecified atom stereocenters. The molecule has 0 aliphatic rings. The molecule has 3 nitrogen and oxygen atoms in total. The average Bonchev–Trinajstić information content (AvgIpc) is 2.36. The fourth-order valence-corrected chi connectivity index (χ4v) is 1.78. The van der Waals surface area contributed by atoms with E-state index in [1.165, 1.54) is 5.56 Å². The van der Waals surface area contributed by atoms with Crippen LogP contribution in [0.4, 0.5) is 0 Å². The number of nitrogens with one attached hydrogen (secondary N) is 1. The number of benzene rings is 1. The first-order chi connectivity index (χ1) is 8.17. The highest BCUT2D eigenvalue weighted by molar-refractivity contribution is 5.30. The number of hydrogen-bond donors (Lipinski definition) is 1. The first kappa shape index (κ1) is 14.0.